The molecule has 0 bridgehead atoms. The summed E-state index contributed by atoms with van der Waals surface area (Å²) in [5.41, 5.74) is 0.441. The number of rotatable bonds is 6. The number of amides is 2. The lowest BCUT2D eigenvalue weighted by Crippen LogP contribution is -2.40. The Balaban J connectivity index is 2.70. The van der Waals surface area contributed by atoms with Gasteiger partial charge in [0, 0.05) is 17.6 Å². The quantitative estimate of drug-likeness (QED) is 0.860. The van der Waals surface area contributed by atoms with E-state index in [1.165, 1.54) is 7.11 Å². The van der Waals surface area contributed by atoms with Crippen LogP contribution in [0.3, 0.4) is 0 Å². The van der Waals surface area contributed by atoms with Crippen LogP contribution >= 0.6 is 15.9 Å². The minimum Gasteiger partial charge on any atom is -0.497 e. The average molecular weight is 343 g/mol. The number of halogens is 1. The maximum Gasteiger partial charge on any atom is 0.252 e. The van der Waals surface area contributed by atoms with Crippen LogP contribution < -0.4 is 10.1 Å². The summed E-state index contributed by atoms with van der Waals surface area (Å²) < 4.78 is 5.74. The van der Waals surface area contributed by atoms with Gasteiger partial charge in [-0.2, -0.15) is 0 Å². The topological polar surface area (TPSA) is 58.6 Å². The maximum atomic E-state index is 12.1. The molecule has 6 heteroatoms. The molecular formula is C14H19BrN2O3. The molecule has 1 aromatic carbocycles. The van der Waals surface area contributed by atoms with E-state index in [4.69, 9.17) is 4.74 Å². The van der Waals surface area contributed by atoms with E-state index in [1.54, 1.807) is 23.1 Å². The van der Waals surface area contributed by atoms with Crippen molar-refractivity contribution in [3.05, 3.63) is 28.2 Å². The first-order chi connectivity index (χ1) is 9.53. The van der Waals surface area contributed by atoms with E-state index >= 15 is 0 Å². The number of methoxy groups -OCH3 is 1. The summed E-state index contributed by atoms with van der Waals surface area (Å²) in [6, 6.07) is 5.11. The van der Waals surface area contributed by atoms with Crippen LogP contribution in [0.5, 0.6) is 5.75 Å². The number of benzene rings is 1. The zero-order chi connectivity index (χ0) is 15.1. The summed E-state index contributed by atoms with van der Waals surface area (Å²) in [7, 11) is 1.54. The highest BCUT2D eigenvalue weighted by Crippen LogP contribution is 2.22. The first-order valence-electron chi connectivity index (χ1n) is 6.43. The molecule has 0 saturated heterocycles. The number of hydrogen-bond donors (Lipinski definition) is 1. The molecule has 0 atom stereocenters. The Labute approximate surface area is 127 Å². The molecule has 0 aliphatic carbocycles. The molecule has 1 rings (SSSR count). The van der Waals surface area contributed by atoms with Crippen LogP contribution in [0.15, 0.2) is 22.7 Å². The molecule has 110 valence electrons. The van der Waals surface area contributed by atoms with Gasteiger partial charge in [-0.25, -0.2) is 0 Å². The second-order valence-corrected chi connectivity index (χ2v) is 4.95. The Morgan fingerprint density at radius 3 is 2.50 bits per heavy atom. The third-order valence-electron chi connectivity index (χ3n) is 2.93. The van der Waals surface area contributed by atoms with Gasteiger partial charge in [0.25, 0.3) is 5.91 Å². The molecule has 5 nitrogen and oxygen atoms in total. The molecule has 20 heavy (non-hydrogen) atoms. The average Bonchev–Trinajstić information content (AvgIpc) is 2.46. The highest BCUT2D eigenvalue weighted by Gasteiger charge is 2.14. The van der Waals surface area contributed by atoms with Crippen molar-refractivity contribution >= 4 is 27.7 Å². The number of ether oxygens (including phenoxy) is 1. The number of nitrogens with one attached hydrogen (secondary N) is 1. The molecule has 2 amide bonds. The molecule has 1 N–H and O–H groups in total. The smallest absolute Gasteiger partial charge is 0.252 e. The van der Waals surface area contributed by atoms with Gasteiger partial charge in [-0.05, 0) is 48.0 Å². The molecule has 0 unspecified atom stereocenters. The zero-order valence-corrected chi connectivity index (χ0v) is 13.5. The highest BCUT2D eigenvalue weighted by atomic mass is 79.9. The molecular weight excluding hydrogens is 324 g/mol. The van der Waals surface area contributed by atoms with Gasteiger partial charge in [0.05, 0.1) is 19.2 Å². The van der Waals surface area contributed by atoms with Gasteiger partial charge in [-0.3, -0.25) is 9.59 Å². The Kier molecular flexibility index (Phi) is 6.51. The van der Waals surface area contributed by atoms with E-state index in [0.29, 0.717) is 28.9 Å². The molecule has 0 radical (unpaired) electrons. The summed E-state index contributed by atoms with van der Waals surface area (Å²) in [4.78, 5) is 25.6. The fourth-order valence-electron chi connectivity index (χ4n) is 1.74. The Hall–Kier alpha value is -1.56. The van der Waals surface area contributed by atoms with Crippen molar-refractivity contribution in [3.8, 4) is 5.75 Å². The monoisotopic (exact) mass is 342 g/mol. The van der Waals surface area contributed by atoms with E-state index in [1.807, 2.05) is 13.8 Å². The van der Waals surface area contributed by atoms with Gasteiger partial charge in [-0.1, -0.05) is 0 Å². The van der Waals surface area contributed by atoms with Crippen LogP contribution in [0.1, 0.15) is 24.2 Å². The lowest BCUT2D eigenvalue weighted by Gasteiger charge is -2.18. The Morgan fingerprint density at radius 1 is 1.30 bits per heavy atom. The number of likely N-dealkylation sites (N-methyl/N-ethyl adjacent to an activating group) is 1. The second-order valence-electron chi connectivity index (χ2n) is 4.09. The van der Waals surface area contributed by atoms with Crippen molar-refractivity contribution in [2.45, 2.75) is 13.8 Å². The van der Waals surface area contributed by atoms with Gasteiger partial charge < -0.3 is 15.0 Å². The van der Waals surface area contributed by atoms with Crippen molar-refractivity contribution in [1.82, 2.24) is 10.2 Å². The van der Waals surface area contributed by atoms with Gasteiger partial charge in [0.2, 0.25) is 5.91 Å². The van der Waals surface area contributed by atoms with Crippen LogP contribution in [0.25, 0.3) is 0 Å². The van der Waals surface area contributed by atoms with E-state index in [9.17, 15) is 9.59 Å². The molecule has 0 aromatic heterocycles. The molecule has 0 saturated carbocycles. The van der Waals surface area contributed by atoms with Crippen molar-refractivity contribution in [2.75, 3.05) is 26.7 Å². The minimum absolute atomic E-state index is 0.00976. The van der Waals surface area contributed by atoms with Gasteiger partial charge in [0.1, 0.15) is 5.75 Å². The van der Waals surface area contributed by atoms with Crippen molar-refractivity contribution in [3.63, 3.8) is 0 Å². The van der Waals surface area contributed by atoms with Crippen LogP contribution in [-0.4, -0.2) is 43.5 Å². The van der Waals surface area contributed by atoms with E-state index in [-0.39, 0.29) is 18.4 Å². The molecule has 0 aliphatic heterocycles. The Morgan fingerprint density at radius 2 is 1.95 bits per heavy atom. The predicted octanol–water partition coefficient (Wildman–Crippen LogP) is 2.06. The number of carbonyl (C=O) groups excluding carboxylic acids is 2. The summed E-state index contributed by atoms with van der Waals surface area (Å²) in [5.74, 6) is 0.187. The zero-order valence-electron chi connectivity index (χ0n) is 11.9. The van der Waals surface area contributed by atoms with Crippen molar-refractivity contribution < 1.29 is 14.3 Å². The lowest BCUT2D eigenvalue weighted by molar-refractivity contribution is -0.129. The SMILES string of the molecule is CCN(CC)C(=O)CNC(=O)c1cc(OC)ccc1Br. The molecule has 0 fully saturated rings. The fourth-order valence-corrected chi connectivity index (χ4v) is 2.17. The maximum absolute atomic E-state index is 12.1. The molecule has 0 aliphatic rings. The fraction of sp³-hybridized carbons (Fsp3) is 0.429. The third-order valence-corrected chi connectivity index (χ3v) is 3.63. The second kappa shape index (κ2) is 7.89. The standard InChI is InChI=1S/C14H19BrN2O3/c1-4-17(5-2)13(18)9-16-14(19)11-8-10(20-3)6-7-12(11)15/h6-8H,4-5,9H2,1-3H3,(H,16,19). The van der Waals surface area contributed by atoms with Gasteiger partial charge in [-0.15, -0.1) is 0 Å². The van der Waals surface area contributed by atoms with Gasteiger partial charge >= 0.3 is 0 Å². The summed E-state index contributed by atoms with van der Waals surface area (Å²) >= 11 is 3.31. The van der Waals surface area contributed by atoms with Crippen LogP contribution in [0, 0.1) is 0 Å². The largest absolute Gasteiger partial charge is 0.497 e. The molecule has 1 aromatic rings. The molecule has 0 spiro atoms. The first kappa shape index (κ1) is 16.5. The third kappa shape index (κ3) is 4.23. The van der Waals surface area contributed by atoms with Crippen molar-refractivity contribution in [1.29, 1.82) is 0 Å². The van der Waals surface area contributed by atoms with E-state index in [0.717, 1.165) is 0 Å². The van der Waals surface area contributed by atoms with Gasteiger partial charge in [0.15, 0.2) is 0 Å². The minimum atomic E-state index is -0.309. The number of hydrogen-bond acceptors (Lipinski definition) is 3. The number of nitrogens with zero attached hydrogens (tertiary/aromatic N) is 1. The Bertz CT molecular complexity index is 487. The summed E-state index contributed by atoms with van der Waals surface area (Å²) in [5, 5.41) is 2.62. The normalized spacial score (nSPS) is 10.0. The summed E-state index contributed by atoms with van der Waals surface area (Å²) in [6.45, 7) is 5.07. The highest BCUT2D eigenvalue weighted by molar-refractivity contribution is 9.10. The summed E-state index contributed by atoms with van der Waals surface area (Å²) in [6.07, 6.45) is 0. The van der Waals surface area contributed by atoms with E-state index in [2.05, 4.69) is 21.2 Å². The lowest BCUT2D eigenvalue weighted by atomic mass is 10.2. The van der Waals surface area contributed by atoms with E-state index < -0.39 is 0 Å². The first-order valence-corrected chi connectivity index (χ1v) is 7.22. The van der Waals surface area contributed by atoms with Crippen molar-refractivity contribution in [2.24, 2.45) is 0 Å². The predicted molar refractivity (Wildman–Crippen MR) is 81.0 cm³/mol. The number of carbonyl (C=O) groups is 2. The van der Waals surface area contributed by atoms with Crippen LogP contribution in [0.4, 0.5) is 0 Å². The molecule has 0 heterocycles. The van der Waals surface area contributed by atoms with Crippen LogP contribution in [0.2, 0.25) is 0 Å². The van der Waals surface area contributed by atoms with Crippen LogP contribution in [-0.2, 0) is 4.79 Å².